The van der Waals surface area contributed by atoms with Gasteiger partial charge in [-0.1, -0.05) is 36.4 Å². The molecule has 5 heteroatoms. The zero-order valence-electron chi connectivity index (χ0n) is 12.2. The minimum absolute atomic E-state index is 0. The summed E-state index contributed by atoms with van der Waals surface area (Å²) in [4.78, 5) is 0. The molecule has 118 valence electrons. The zero-order chi connectivity index (χ0) is 14.6. The summed E-state index contributed by atoms with van der Waals surface area (Å²) in [5, 5.41) is 2.92. The standard InChI is InChI=1S/C15H17OP.CH3.2ClH.Ru/c1-16-12-13-17(14-8-4-2-5-9-14)15-10-6-3-7-11-15;;;;/h2-11H,12-13H2,1H3;1H3;2*1H;/q;-1;;;+2/p-1. The van der Waals surface area contributed by atoms with E-state index in [4.69, 9.17) is 24.1 Å². The van der Waals surface area contributed by atoms with Crippen LogP contribution in [0.2, 0.25) is 0 Å². The van der Waals surface area contributed by atoms with Crippen LogP contribution in [0, 0.1) is 7.43 Å². The van der Waals surface area contributed by atoms with Crippen molar-refractivity contribution >= 4 is 37.9 Å². The fraction of sp³-hybridized carbons (Fsp3) is 0.188. The van der Waals surface area contributed by atoms with E-state index in [0.29, 0.717) is 0 Å². The Hall–Kier alpha value is 0.0334. The van der Waals surface area contributed by atoms with Crippen LogP contribution in [-0.4, -0.2) is 19.9 Å². The van der Waals surface area contributed by atoms with Crippen molar-refractivity contribution in [1.29, 1.82) is 0 Å². The molecule has 0 aliphatic rings. The van der Waals surface area contributed by atoms with Crippen LogP contribution in [0.25, 0.3) is 0 Å². The van der Waals surface area contributed by atoms with E-state index in [-0.39, 0.29) is 22.6 Å². The Morgan fingerprint density at radius 2 is 1.29 bits per heavy atom. The van der Waals surface area contributed by atoms with E-state index in [1.807, 2.05) is 0 Å². The second kappa shape index (κ2) is 13.7. The van der Waals surface area contributed by atoms with Crippen molar-refractivity contribution in [3.05, 3.63) is 68.1 Å². The number of rotatable bonds is 5. The van der Waals surface area contributed by atoms with Gasteiger partial charge in [-0.3, -0.25) is 0 Å². The molecule has 0 aromatic heterocycles. The maximum absolute atomic E-state index is 5.24. The molecule has 1 nitrogen and oxygen atoms in total. The normalized spacial score (nSPS) is 9.71. The number of hydrogen-bond acceptors (Lipinski definition) is 1. The molecule has 0 radical (unpaired) electrons. The van der Waals surface area contributed by atoms with Crippen LogP contribution in [0.3, 0.4) is 0 Å². The molecule has 21 heavy (non-hydrogen) atoms. The first-order chi connectivity index (χ1) is 9.83. The van der Waals surface area contributed by atoms with E-state index < -0.39 is 7.92 Å². The van der Waals surface area contributed by atoms with Gasteiger partial charge in [0, 0.05) is 7.11 Å². The van der Waals surface area contributed by atoms with Crippen LogP contribution in [0.15, 0.2) is 60.7 Å². The van der Waals surface area contributed by atoms with Gasteiger partial charge in [0.15, 0.2) is 0 Å². The van der Waals surface area contributed by atoms with E-state index in [9.17, 15) is 0 Å². The summed E-state index contributed by atoms with van der Waals surface area (Å²) >= 11 is -0.346. The first kappa shape index (κ1) is 21.0. The number of benzene rings is 2. The first-order valence-electron chi connectivity index (χ1n) is 6.14. The molecule has 0 unspecified atom stereocenters. The van der Waals surface area contributed by atoms with Crippen LogP contribution in [0.1, 0.15) is 0 Å². The summed E-state index contributed by atoms with van der Waals surface area (Å²) < 4.78 is 5.24. The number of hydrogen-bond donors (Lipinski definition) is 0. The van der Waals surface area contributed by atoms with Crippen LogP contribution in [0.5, 0.6) is 0 Å². The molecule has 0 atom stereocenters. The zero-order valence-corrected chi connectivity index (χ0v) is 16.5. The SMILES string of the molecule is COCC[PH+](c1ccccc1)c1ccccc1.[CH3-].[Cl][Ru][Cl]. The quantitative estimate of drug-likeness (QED) is 0.389. The Morgan fingerprint density at radius 3 is 1.62 bits per heavy atom. The summed E-state index contributed by atoms with van der Waals surface area (Å²) in [6, 6.07) is 21.6. The van der Waals surface area contributed by atoms with Gasteiger partial charge in [-0.05, 0) is 24.3 Å². The monoisotopic (exact) mass is 432 g/mol. The molecular formula is C16H21Cl2OPRu. The Morgan fingerprint density at radius 1 is 0.905 bits per heavy atom. The Labute approximate surface area is 145 Å². The Balaban J connectivity index is 0.000000922. The molecule has 0 aliphatic heterocycles. The molecule has 0 amide bonds. The third-order valence-electron chi connectivity index (χ3n) is 2.80. The van der Waals surface area contributed by atoms with Gasteiger partial charge in [0.2, 0.25) is 0 Å². The van der Waals surface area contributed by atoms with E-state index in [1.165, 1.54) is 10.6 Å². The van der Waals surface area contributed by atoms with E-state index in [0.717, 1.165) is 12.8 Å². The molecular weight excluding hydrogens is 411 g/mol. The number of halogens is 2. The summed E-state index contributed by atoms with van der Waals surface area (Å²) in [5.41, 5.74) is 0. The van der Waals surface area contributed by atoms with Crippen molar-refractivity contribution in [2.75, 3.05) is 19.9 Å². The first-order valence-corrected chi connectivity index (χ1v) is 12.3. The van der Waals surface area contributed by atoms with Crippen LogP contribution in [-0.2, 0) is 19.9 Å². The van der Waals surface area contributed by atoms with Gasteiger partial charge in [-0.25, -0.2) is 0 Å². The second-order valence-corrected chi connectivity index (χ2v) is 9.25. The number of ether oxygens (including phenoxy) is 1. The van der Waals surface area contributed by atoms with Crippen LogP contribution in [0.4, 0.5) is 0 Å². The summed E-state index contributed by atoms with van der Waals surface area (Å²) in [6.07, 6.45) is 1.12. The van der Waals surface area contributed by atoms with Crippen molar-refractivity contribution in [2.45, 2.75) is 0 Å². The van der Waals surface area contributed by atoms with Gasteiger partial charge in [-0.15, -0.1) is 0 Å². The van der Waals surface area contributed by atoms with E-state index in [2.05, 4.69) is 60.7 Å². The molecule has 0 fully saturated rings. The second-order valence-electron chi connectivity index (χ2n) is 4.00. The van der Waals surface area contributed by atoms with Crippen LogP contribution >= 0.6 is 27.3 Å². The minimum atomic E-state index is -0.687. The molecule has 0 saturated heterocycles. The molecule has 0 spiro atoms. The molecule has 0 bridgehead atoms. The summed E-state index contributed by atoms with van der Waals surface area (Å²) in [7, 11) is 10.8. The molecule has 0 aliphatic carbocycles. The molecule has 2 aromatic carbocycles. The van der Waals surface area contributed by atoms with Gasteiger partial charge in [-0.2, -0.15) is 0 Å². The van der Waals surface area contributed by atoms with Gasteiger partial charge < -0.3 is 12.2 Å². The van der Waals surface area contributed by atoms with Gasteiger partial charge >= 0.3 is 34.5 Å². The van der Waals surface area contributed by atoms with Gasteiger partial charge in [0.1, 0.15) is 0 Å². The summed E-state index contributed by atoms with van der Waals surface area (Å²) in [6.45, 7) is 0.831. The fourth-order valence-corrected chi connectivity index (χ4v) is 4.45. The number of methoxy groups -OCH3 is 1. The maximum atomic E-state index is 5.24. The molecule has 0 heterocycles. The van der Waals surface area contributed by atoms with Crippen LogP contribution < -0.4 is 10.6 Å². The average molecular weight is 432 g/mol. The predicted octanol–water partition coefficient (Wildman–Crippen LogP) is 4.32. The third kappa shape index (κ3) is 8.29. The van der Waals surface area contributed by atoms with Crippen molar-refractivity contribution in [1.82, 2.24) is 0 Å². The Bertz CT molecular complexity index is 417. The van der Waals surface area contributed by atoms with Crippen molar-refractivity contribution in [2.24, 2.45) is 0 Å². The van der Waals surface area contributed by atoms with E-state index in [1.54, 1.807) is 7.11 Å². The topological polar surface area (TPSA) is 9.23 Å². The van der Waals surface area contributed by atoms with Crippen molar-refractivity contribution in [3.8, 4) is 0 Å². The van der Waals surface area contributed by atoms with E-state index >= 15 is 0 Å². The molecule has 2 rings (SSSR count). The van der Waals surface area contributed by atoms with Gasteiger partial charge in [0.05, 0.1) is 31.3 Å². The third-order valence-corrected chi connectivity index (χ3v) is 5.57. The molecule has 0 N–H and O–H groups in total. The predicted molar refractivity (Wildman–Crippen MR) is 95.3 cm³/mol. The van der Waals surface area contributed by atoms with Gasteiger partial charge in [0.25, 0.3) is 0 Å². The summed E-state index contributed by atoms with van der Waals surface area (Å²) in [5.74, 6) is 0. The fourth-order valence-electron chi connectivity index (χ4n) is 1.94. The average Bonchev–Trinajstić information content (AvgIpc) is 2.51. The van der Waals surface area contributed by atoms with Crippen molar-refractivity contribution < 1.29 is 19.9 Å². The molecule has 2 aromatic rings. The Kier molecular flexibility index (Phi) is 13.7. The van der Waals surface area contributed by atoms with Crippen molar-refractivity contribution in [3.63, 3.8) is 0 Å². The molecule has 0 saturated carbocycles.